The number of aliphatic hydroxyl groups is 1. The molecule has 0 spiro atoms. The summed E-state index contributed by atoms with van der Waals surface area (Å²) in [5, 5.41) is 12.4. The van der Waals surface area contributed by atoms with Crippen LogP contribution in [0.15, 0.2) is 42.7 Å². The lowest BCUT2D eigenvalue weighted by Crippen LogP contribution is -2.46. The highest BCUT2D eigenvalue weighted by Crippen LogP contribution is 2.40. The minimum atomic E-state index is -5.04. The molecule has 0 aliphatic rings. The number of halogens is 3. The molecule has 118 valence electrons. The molecule has 22 heavy (non-hydrogen) atoms. The number of aromatic nitrogens is 2. The number of imidazole rings is 1. The first kappa shape index (κ1) is 16.0. The summed E-state index contributed by atoms with van der Waals surface area (Å²) in [5.74, 6) is -1.60. The first-order valence-electron chi connectivity index (χ1n) is 6.36. The van der Waals surface area contributed by atoms with Crippen LogP contribution in [0, 0.1) is 0 Å². The van der Waals surface area contributed by atoms with Gasteiger partial charge in [-0.3, -0.25) is 4.79 Å². The molecule has 0 saturated heterocycles. The molecule has 0 radical (unpaired) electrons. The molecule has 5 nitrogen and oxygen atoms in total. The van der Waals surface area contributed by atoms with Crippen LogP contribution in [0.1, 0.15) is 12.2 Å². The number of hydrogen-bond acceptors (Lipinski definition) is 3. The van der Waals surface area contributed by atoms with Crippen molar-refractivity contribution >= 4 is 11.6 Å². The fourth-order valence-corrected chi connectivity index (χ4v) is 2.03. The van der Waals surface area contributed by atoms with E-state index >= 15 is 0 Å². The predicted molar refractivity (Wildman–Crippen MR) is 72.8 cm³/mol. The molecule has 1 aromatic carbocycles. The zero-order valence-corrected chi connectivity index (χ0v) is 11.6. The Morgan fingerprint density at radius 1 is 1.32 bits per heavy atom. The summed E-state index contributed by atoms with van der Waals surface area (Å²) in [7, 11) is 1.31. The third-order valence-corrected chi connectivity index (χ3v) is 3.13. The topological polar surface area (TPSA) is 67.1 Å². The number of amides is 1. The van der Waals surface area contributed by atoms with Gasteiger partial charge in [0.25, 0.3) is 0 Å². The Balaban J connectivity index is 2.25. The van der Waals surface area contributed by atoms with Crippen LogP contribution in [0.5, 0.6) is 0 Å². The highest BCUT2D eigenvalue weighted by molar-refractivity contribution is 5.91. The molecule has 0 aliphatic carbocycles. The Hall–Kier alpha value is -2.35. The number of rotatable bonds is 4. The van der Waals surface area contributed by atoms with E-state index in [0.717, 1.165) is 10.8 Å². The van der Waals surface area contributed by atoms with Crippen LogP contribution in [-0.2, 0) is 17.4 Å². The molecule has 2 N–H and O–H groups in total. The van der Waals surface area contributed by atoms with Crippen molar-refractivity contribution in [2.24, 2.45) is 7.05 Å². The van der Waals surface area contributed by atoms with Crippen LogP contribution in [0.25, 0.3) is 0 Å². The van der Waals surface area contributed by atoms with Crippen molar-refractivity contribution in [3.05, 3.63) is 48.5 Å². The van der Waals surface area contributed by atoms with Crippen molar-refractivity contribution < 1.29 is 23.1 Å². The smallest absolute Gasteiger partial charge is 0.374 e. The summed E-state index contributed by atoms with van der Waals surface area (Å²) in [5.41, 5.74) is -3.01. The second kappa shape index (κ2) is 5.80. The van der Waals surface area contributed by atoms with Gasteiger partial charge in [-0.2, -0.15) is 13.2 Å². The Morgan fingerprint density at radius 2 is 1.95 bits per heavy atom. The van der Waals surface area contributed by atoms with Crippen LogP contribution in [0.3, 0.4) is 0 Å². The normalized spacial score (nSPS) is 14.4. The van der Waals surface area contributed by atoms with Crippen molar-refractivity contribution in [1.82, 2.24) is 9.55 Å². The van der Waals surface area contributed by atoms with E-state index in [1.807, 2.05) is 0 Å². The lowest BCUT2D eigenvalue weighted by Gasteiger charge is -2.29. The van der Waals surface area contributed by atoms with Gasteiger partial charge in [-0.05, 0) is 12.1 Å². The van der Waals surface area contributed by atoms with Crippen LogP contribution in [0.4, 0.5) is 18.9 Å². The maximum atomic E-state index is 13.3. The monoisotopic (exact) mass is 313 g/mol. The molecule has 1 atom stereocenters. The fraction of sp³-hybridized carbons (Fsp3) is 0.286. The zero-order chi connectivity index (χ0) is 16.4. The molecule has 1 amide bonds. The van der Waals surface area contributed by atoms with Crippen molar-refractivity contribution in [2.45, 2.75) is 18.2 Å². The molecule has 2 rings (SSSR count). The molecule has 1 aromatic heterocycles. The number of nitrogens with zero attached hydrogens (tertiary/aromatic N) is 2. The van der Waals surface area contributed by atoms with Crippen molar-refractivity contribution in [3.63, 3.8) is 0 Å². The SMILES string of the molecule is Cn1ccnc1C(O)(CC(=O)Nc1ccccc1)C(F)(F)F. The molecule has 2 aromatic rings. The first-order chi connectivity index (χ1) is 10.2. The summed E-state index contributed by atoms with van der Waals surface area (Å²) >= 11 is 0. The van der Waals surface area contributed by atoms with Crippen LogP contribution in [-0.4, -0.2) is 26.7 Å². The Labute approximate surface area is 124 Å². The molecular formula is C14H14F3N3O2. The zero-order valence-electron chi connectivity index (χ0n) is 11.6. The van der Waals surface area contributed by atoms with Crippen LogP contribution < -0.4 is 5.32 Å². The molecule has 0 bridgehead atoms. The summed E-state index contributed by atoms with van der Waals surface area (Å²) in [6.45, 7) is 0. The molecule has 1 heterocycles. The summed E-state index contributed by atoms with van der Waals surface area (Å²) in [6, 6.07) is 8.03. The average molecular weight is 313 g/mol. The van der Waals surface area contributed by atoms with E-state index in [1.165, 1.54) is 25.4 Å². The van der Waals surface area contributed by atoms with Gasteiger partial charge >= 0.3 is 6.18 Å². The van der Waals surface area contributed by atoms with Crippen molar-refractivity contribution in [2.75, 3.05) is 5.32 Å². The molecule has 1 unspecified atom stereocenters. The molecule has 8 heteroatoms. The minimum absolute atomic E-state index is 0.344. The lowest BCUT2D eigenvalue weighted by atomic mass is 9.97. The molecule has 0 aliphatic heterocycles. The maximum absolute atomic E-state index is 13.3. The third-order valence-electron chi connectivity index (χ3n) is 3.13. The predicted octanol–water partition coefficient (Wildman–Crippen LogP) is 2.20. The average Bonchev–Trinajstić information content (AvgIpc) is 2.85. The number of para-hydroxylation sites is 1. The van der Waals surface area contributed by atoms with Crippen molar-refractivity contribution in [1.29, 1.82) is 0 Å². The number of aryl methyl sites for hydroxylation is 1. The van der Waals surface area contributed by atoms with Gasteiger partial charge in [-0.1, -0.05) is 18.2 Å². The number of carbonyl (C=O) groups is 1. The molecule has 0 fully saturated rings. The lowest BCUT2D eigenvalue weighted by molar-refractivity contribution is -0.270. The van der Waals surface area contributed by atoms with E-state index in [4.69, 9.17) is 0 Å². The van der Waals surface area contributed by atoms with Gasteiger partial charge in [0.05, 0.1) is 6.42 Å². The van der Waals surface area contributed by atoms with Gasteiger partial charge in [-0.25, -0.2) is 4.98 Å². The molecular weight excluding hydrogens is 299 g/mol. The van der Waals surface area contributed by atoms with Crippen molar-refractivity contribution in [3.8, 4) is 0 Å². The second-order valence-electron chi connectivity index (χ2n) is 4.81. The highest BCUT2D eigenvalue weighted by Gasteiger charge is 2.58. The van der Waals surface area contributed by atoms with Gasteiger partial charge < -0.3 is 15.0 Å². The number of benzene rings is 1. The summed E-state index contributed by atoms with van der Waals surface area (Å²) in [6.07, 6.45) is -3.83. The van der Waals surface area contributed by atoms with Gasteiger partial charge in [0.2, 0.25) is 11.5 Å². The first-order valence-corrected chi connectivity index (χ1v) is 6.36. The van der Waals surface area contributed by atoms with E-state index in [1.54, 1.807) is 18.2 Å². The van der Waals surface area contributed by atoms with E-state index in [2.05, 4.69) is 10.3 Å². The number of carbonyl (C=O) groups excluding carboxylic acids is 1. The summed E-state index contributed by atoms with van der Waals surface area (Å²) < 4.78 is 40.8. The third kappa shape index (κ3) is 3.11. The number of anilines is 1. The number of hydrogen-bond donors (Lipinski definition) is 2. The highest BCUT2D eigenvalue weighted by atomic mass is 19.4. The number of alkyl halides is 3. The Morgan fingerprint density at radius 3 is 2.45 bits per heavy atom. The van der Waals surface area contributed by atoms with Crippen LogP contribution in [0.2, 0.25) is 0 Å². The standard InChI is InChI=1S/C14H14F3N3O2/c1-20-8-7-18-12(20)13(22,14(15,16)17)9-11(21)19-10-5-3-2-4-6-10/h2-8,22H,9H2,1H3,(H,19,21). The van der Waals surface area contributed by atoms with Gasteiger partial charge in [0.1, 0.15) is 0 Å². The van der Waals surface area contributed by atoms with Crippen LogP contribution >= 0.6 is 0 Å². The quantitative estimate of drug-likeness (QED) is 0.909. The van der Waals surface area contributed by atoms with Gasteiger partial charge in [-0.15, -0.1) is 0 Å². The second-order valence-corrected chi connectivity index (χ2v) is 4.81. The summed E-state index contributed by atoms with van der Waals surface area (Å²) in [4.78, 5) is 15.4. The largest absolute Gasteiger partial charge is 0.425 e. The van der Waals surface area contributed by atoms with Gasteiger partial charge in [0.15, 0.2) is 5.82 Å². The van der Waals surface area contributed by atoms with E-state index in [-0.39, 0.29) is 0 Å². The minimum Gasteiger partial charge on any atom is -0.374 e. The molecule has 0 saturated carbocycles. The Bertz CT molecular complexity index is 655. The van der Waals surface area contributed by atoms with Gasteiger partial charge in [0, 0.05) is 25.1 Å². The van der Waals surface area contributed by atoms with E-state index in [9.17, 15) is 23.1 Å². The fourth-order valence-electron chi connectivity index (χ4n) is 2.03. The Kier molecular flexibility index (Phi) is 4.23. The maximum Gasteiger partial charge on any atom is 0.425 e. The number of nitrogens with one attached hydrogen (secondary N) is 1. The van der Waals surface area contributed by atoms with E-state index < -0.39 is 29.9 Å². The van der Waals surface area contributed by atoms with E-state index in [0.29, 0.717) is 5.69 Å².